The fraction of sp³-hybridized carbons (Fsp3) is 0.111. The van der Waals surface area contributed by atoms with Crippen molar-refractivity contribution < 1.29 is 0 Å². The second-order valence-electron chi connectivity index (χ2n) is 16.2. The molecule has 0 N–H and O–H groups in total. The number of rotatable bonds is 6. The highest BCUT2D eigenvalue weighted by molar-refractivity contribution is 6.96. The number of hydrogen-bond donors (Lipinski definition) is 0. The summed E-state index contributed by atoms with van der Waals surface area (Å²) in [5, 5.41) is 5.05. The van der Waals surface area contributed by atoms with Crippen LogP contribution in [-0.2, 0) is 0 Å². The van der Waals surface area contributed by atoms with Gasteiger partial charge in [0.25, 0.3) is 0 Å². The fourth-order valence-corrected chi connectivity index (χ4v) is 10.1. The van der Waals surface area contributed by atoms with Gasteiger partial charge < -0.3 is 9.13 Å². The Morgan fingerprint density at radius 2 is 0.789 bits per heavy atom. The van der Waals surface area contributed by atoms with Crippen LogP contribution in [0.1, 0.15) is 33.4 Å². The van der Waals surface area contributed by atoms with Gasteiger partial charge in [-0.15, -0.1) is 0 Å². The van der Waals surface area contributed by atoms with Crippen molar-refractivity contribution in [3.8, 4) is 22.5 Å². The molecule has 0 amide bonds. The third kappa shape index (κ3) is 5.72. The standard InChI is InChI=1S/C54H45BN2/c1-34-26-36(3)53(37(4)27-34)55(54-38(5)28-35(2)29-39(54)6)42-18-14-16-40(30-42)41-17-15-21-44(31-41)57-50-25-13-11-23-46(50)48-32-47-45-22-10-12-24-49(45)56(51(47)33-52(48)57)43-19-8-7-9-20-43/h7-33H,1-6H3. The number of para-hydroxylation sites is 3. The van der Waals surface area contributed by atoms with Crippen LogP contribution in [0.2, 0.25) is 0 Å². The van der Waals surface area contributed by atoms with E-state index >= 15 is 0 Å². The molecule has 0 aliphatic carbocycles. The highest BCUT2D eigenvalue weighted by Crippen LogP contribution is 2.40. The van der Waals surface area contributed by atoms with Gasteiger partial charge in [0.15, 0.2) is 0 Å². The first-order chi connectivity index (χ1) is 27.7. The van der Waals surface area contributed by atoms with E-state index in [0.717, 1.165) is 11.4 Å². The van der Waals surface area contributed by atoms with Gasteiger partial charge in [0.05, 0.1) is 22.1 Å². The number of benzene rings is 8. The van der Waals surface area contributed by atoms with Crippen LogP contribution in [-0.4, -0.2) is 15.8 Å². The molecule has 0 bridgehead atoms. The van der Waals surface area contributed by atoms with Gasteiger partial charge in [-0.25, -0.2) is 0 Å². The molecule has 2 nitrogen and oxygen atoms in total. The van der Waals surface area contributed by atoms with Crippen LogP contribution in [0.3, 0.4) is 0 Å². The zero-order valence-corrected chi connectivity index (χ0v) is 33.6. The van der Waals surface area contributed by atoms with E-state index in [4.69, 9.17) is 0 Å². The van der Waals surface area contributed by atoms with Gasteiger partial charge in [-0.1, -0.05) is 165 Å². The van der Waals surface area contributed by atoms with Crippen LogP contribution in [0.5, 0.6) is 0 Å². The molecule has 2 heterocycles. The second-order valence-corrected chi connectivity index (χ2v) is 16.2. The fourth-order valence-electron chi connectivity index (χ4n) is 10.1. The Labute approximate surface area is 335 Å². The van der Waals surface area contributed by atoms with Gasteiger partial charge in [-0.05, 0) is 101 Å². The van der Waals surface area contributed by atoms with Gasteiger partial charge in [0.2, 0.25) is 6.71 Å². The summed E-state index contributed by atoms with van der Waals surface area (Å²) in [4.78, 5) is 0. The Morgan fingerprint density at radius 1 is 0.333 bits per heavy atom. The molecule has 10 aromatic rings. The molecule has 0 unspecified atom stereocenters. The van der Waals surface area contributed by atoms with Gasteiger partial charge in [-0.3, -0.25) is 0 Å². The van der Waals surface area contributed by atoms with E-state index in [2.05, 4.69) is 214 Å². The van der Waals surface area contributed by atoms with E-state index in [1.165, 1.54) is 105 Å². The zero-order chi connectivity index (χ0) is 38.9. The first kappa shape index (κ1) is 34.9. The summed E-state index contributed by atoms with van der Waals surface area (Å²) in [5.74, 6) is 0. The lowest BCUT2D eigenvalue weighted by molar-refractivity contribution is 1.16. The van der Waals surface area contributed by atoms with Crippen LogP contribution in [0, 0.1) is 41.5 Å². The van der Waals surface area contributed by atoms with Crippen molar-refractivity contribution in [1.29, 1.82) is 0 Å². The molecule has 0 saturated heterocycles. The Bertz CT molecular complexity index is 3090. The molecule has 0 spiro atoms. The molecule has 2 aromatic heterocycles. The first-order valence-electron chi connectivity index (χ1n) is 20.1. The second kappa shape index (κ2) is 13.6. The normalized spacial score (nSPS) is 11.7. The maximum atomic E-state index is 2.46. The number of hydrogen-bond acceptors (Lipinski definition) is 0. The Hall–Kier alpha value is -6.58. The van der Waals surface area contributed by atoms with Crippen LogP contribution in [0.15, 0.2) is 164 Å². The highest BCUT2D eigenvalue weighted by atomic mass is 15.0. The van der Waals surface area contributed by atoms with Crippen molar-refractivity contribution in [2.75, 3.05) is 0 Å². The zero-order valence-electron chi connectivity index (χ0n) is 33.6. The molecule has 0 aliphatic heterocycles. The number of aromatic nitrogens is 2. The van der Waals surface area contributed by atoms with E-state index in [1.54, 1.807) is 0 Å². The largest absolute Gasteiger partial charge is 0.309 e. The smallest absolute Gasteiger partial charge is 0.242 e. The highest BCUT2D eigenvalue weighted by Gasteiger charge is 2.29. The SMILES string of the molecule is Cc1cc(C)c(B(c2cccc(-c3cccc(-n4c5ccccc5c5cc6c7ccccc7n(-c7ccccc7)c6cc54)c3)c2)c2c(C)cc(C)cc2C)c(C)c1. The summed E-state index contributed by atoms with van der Waals surface area (Å²) in [6.07, 6.45) is 0. The van der Waals surface area contributed by atoms with Gasteiger partial charge >= 0.3 is 0 Å². The van der Waals surface area contributed by atoms with E-state index in [-0.39, 0.29) is 6.71 Å². The van der Waals surface area contributed by atoms with Crippen molar-refractivity contribution in [2.45, 2.75) is 41.5 Å². The summed E-state index contributed by atoms with van der Waals surface area (Å²) in [6.45, 7) is 13.7. The molecule has 57 heavy (non-hydrogen) atoms. The van der Waals surface area contributed by atoms with Gasteiger partial charge in [0.1, 0.15) is 0 Å². The lowest BCUT2D eigenvalue weighted by Gasteiger charge is -2.25. The number of aryl methyl sites for hydroxylation is 6. The molecule has 274 valence electrons. The summed E-state index contributed by atoms with van der Waals surface area (Å²) in [5.41, 5.74) is 21.7. The average Bonchev–Trinajstić information content (AvgIpc) is 3.71. The minimum atomic E-state index is 0.116. The molecule has 10 rings (SSSR count). The van der Waals surface area contributed by atoms with E-state index < -0.39 is 0 Å². The molecule has 0 aliphatic rings. The van der Waals surface area contributed by atoms with Gasteiger partial charge in [-0.2, -0.15) is 0 Å². The van der Waals surface area contributed by atoms with Crippen LogP contribution in [0.4, 0.5) is 0 Å². The molecule has 0 saturated carbocycles. The van der Waals surface area contributed by atoms with Crippen LogP contribution >= 0.6 is 0 Å². The number of fused-ring (bicyclic) bond motifs is 6. The molecule has 0 fully saturated rings. The molecule has 0 atom stereocenters. The minimum absolute atomic E-state index is 0.116. The van der Waals surface area contributed by atoms with Crippen molar-refractivity contribution in [1.82, 2.24) is 9.13 Å². The van der Waals surface area contributed by atoms with Crippen LogP contribution in [0.25, 0.3) is 66.1 Å². The van der Waals surface area contributed by atoms with Crippen LogP contribution < -0.4 is 16.4 Å². The summed E-state index contributed by atoms with van der Waals surface area (Å²) in [7, 11) is 0. The van der Waals surface area contributed by atoms with Crippen molar-refractivity contribution >= 4 is 66.7 Å². The maximum Gasteiger partial charge on any atom is 0.242 e. The minimum Gasteiger partial charge on any atom is -0.309 e. The van der Waals surface area contributed by atoms with Crippen molar-refractivity contribution in [3.63, 3.8) is 0 Å². The predicted molar refractivity (Wildman–Crippen MR) is 247 cm³/mol. The average molecular weight is 733 g/mol. The molecule has 0 radical (unpaired) electrons. The monoisotopic (exact) mass is 732 g/mol. The molecule has 3 heteroatoms. The summed E-state index contributed by atoms with van der Waals surface area (Å²) in [6, 6.07) is 61.0. The van der Waals surface area contributed by atoms with E-state index in [1.807, 2.05) is 0 Å². The van der Waals surface area contributed by atoms with Gasteiger partial charge in [0, 0.05) is 32.9 Å². The van der Waals surface area contributed by atoms with Crippen molar-refractivity contribution in [2.24, 2.45) is 0 Å². The topological polar surface area (TPSA) is 9.86 Å². The third-order valence-electron chi connectivity index (χ3n) is 12.2. The lowest BCUT2D eigenvalue weighted by atomic mass is 9.34. The Balaban J connectivity index is 1.17. The third-order valence-corrected chi connectivity index (χ3v) is 12.2. The molecule has 8 aromatic carbocycles. The summed E-state index contributed by atoms with van der Waals surface area (Å²) < 4.78 is 4.88. The number of nitrogens with zero attached hydrogens (tertiary/aromatic N) is 2. The first-order valence-corrected chi connectivity index (χ1v) is 20.1. The summed E-state index contributed by atoms with van der Waals surface area (Å²) >= 11 is 0. The quantitative estimate of drug-likeness (QED) is 0.151. The van der Waals surface area contributed by atoms with E-state index in [0.29, 0.717) is 0 Å². The predicted octanol–water partition coefficient (Wildman–Crippen LogP) is 11.9. The molecular formula is C54H45BN2. The van der Waals surface area contributed by atoms with Crippen molar-refractivity contribution in [3.05, 3.63) is 197 Å². The Kier molecular flexibility index (Phi) is 8.30. The molecular weight excluding hydrogens is 687 g/mol. The Morgan fingerprint density at radius 3 is 1.35 bits per heavy atom. The maximum absolute atomic E-state index is 2.46. The lowest BCUT2D eigenvalue weighted by Crippen LogP contribution is -2.55. The van der Waals surface area contributed by atoms with E-state index in [9.17, 15) is 0 Å².